The number of benzene rings is 1. The van der Waals surface area contributed by atoms with E-state index in [0.29, 0.717) is 0 Å². The fourth-order valence-corrected chi connectivity index (χ4v) is 2.22. The number of aromatic nitrogens is 2. The van der Waals surface area contributed by atoms with E-state index >= 15 is 0 Å². The molecule has 8 heteroatoms. The summed E-state index contributed by atoms with van der Waals surface area (Å²) in [4.78, 5) is 11.9. The van der Waals surface area contributed by atoms with Crippen molar-refractivity contribution in [3.63, 3.8) is 0 Å². The molecule has 0 amide bonds. The average Bonchev–Trinajstić information content (AvgIpc) is 2.49. The lowest BCUT2D eigenvalue weighted by molar-refractivity contribution is 0.0601. The van der Waals surface area contributed by atoms with E-state index in [0.717, 1.165) is 7.11 Å². The van der Waals surface area contributed by atoms with Crippen molar-refractivity contribution in [3.8, 4) is 11.3 Å². The Morgan fingerprint density at radius 1 is 1.33 bits per heavy atom. The van der Waals surface area contributed by atoms with E-state index in [1.54, 1.807) is 0 Å². The number of rotatable bonds is 2. The molecule has 0 fully saturated rings. The molecule has 0 bridgehead atoms. The molecule has 5 nitrogen and oxygen atoms in total. The number of methoxy groups -OCH3 is 1. The first-order valence-electron chi connectivity index (χ1n) is 5.73. The Labute approximate surface area is 129 Å². The first kappa shape index (κ1) is 15.5. The number of halogens is 3. The fraction of sp³-hybridized carbons (Fsp3) is 0.154. The van der Waals surface area contributed by atoms with Crippen LogP contribution in [0.3, 0.4) is 0 Å². The molecule has 0 aliphatic carbocycles. The van der Waals surface area contributed by atoms with E-state index in [1.807, 2.05) is 0 Å². The number of nitrogens with zero attached hydrogens (tertiary/aromatic N) is 2. The minimum Gasteiger partial charge on any atom is -0.465 e. The van der Waals surface area contributed by atoms with Gasteiger partial charge >= 0.3 is 5.97 Å². The molecule has 0 aliphatic rings. The highest BCUT2D eigenvalue weighted by Crippen LogP contribution is 2.38. The van der Waals surface area contributed by atoms with Crippen molar-refractivity contribution in [2.75, 3.05) is 12.8 Å². The molecule has 0 unspecified atom stereocenters. The van der Waals surface area contributed by atoms with Crippen LogP contribution in [0.25, 0.3) is 11.3 Å². The van der Waals surface area contributed by atoms with Gasteiger partial charge in [0.1, 0.15) is 5.82 Å². The molecule has 110 valence electrons. The van der Waals surface area contributed by atoms with Crippen molar-refractivity contribution in [1.82, 2.24) is 10.2 Å². The maximum absolute atomic E-state index is 14.5. The normalized spacial score (nSPS) is 10.5. The molecule has 2 aromatic rings. The van der Waals surface area contributed by atoms with Gasteiger partial charge < -0.3 is 10.5 Å². The zero-order valence-corrected chi connectivity index (χ0v) is 12.6. The molecule has 0 aliphatic heterocycles. The van der Waals surface area contributed by atoms with Gasteiger partial charge in [-0.25, -0.2) is 9.18 Å². The molecule has 1 heterocycles. The first-order valence-corrected chi connectivity index (χ1v) is 6.49. The van der Waals surface area contributed by atoms with Crippen LogP contribution in [-0.2, 0) is 4.74 Å². The number of nitrogen functional groups attached to an aromatic ring is 1. The summed E-state index contributed by atoms with van der Waals surface area (Å²) in [5, 5.41) is 7.44. The van der Waals surface area contributed by atoms with Crippen molar-refractivity contribution in [1.29, 1.82) is 0 Å². The summed E-state index contributed by atoms with van der Waals surface area (Å²) >= 11 is 11.7. The average molecular weight is 330 g/mol. The van der Waals surface area contributed by atoms with Gasteiger partial charge in [0.15, 0.2) is 5.15 Å². The molecule has 1 aromatic heterocycles. The first-order chi connectivity index (χ1) is 9.88. The Bertz CT molecular complexity index is 721. The molecular weight excluding hydrogens is 320 g/mol. The van der Waals surface area contributed by atoms with Crippen LogP contribution in [0, 0.1) is 12.7 Å². The molecule has 2 rings (SSSR count). The number of ether oxygens (including phenoxy) is 1. The third-order valence-corrected chi connectivity index (χ3v) is 3.53. The summed E-state index contributed by atoms with van der Waals surface area (Å²) < 4.78 is 19.2. The maximum atomic E-state index is 14.5. The minimum absolute atomic E-state index is 0.0276. The minimum atomic E-state index is -0.822. The summed E-state index contributed by atoms with van der Waals surface area (Å²) in [5.41, 5.74) is 5.57. The Kier molecular flexibility index (Phi) is 4.29. The molecule has 0 radical (unpaired) electrons. The van der Waals surface area contributed by atoms with Crippen LogP contribution in [0.4, 0.5) is 10.1 Å². The molecule has 2 N–H and O–H groups in total. The van der Waals surface area contributed by atoms with Crippen molar-refractivity contribution in [2.24, 2.45) is 0 Å². The summed E-state index contributed by atoms with van der Waals surface area (Å²) in [6.45, 7) is 1.45. The number of anilines is 1. The highest BCUT2D eigenvalue weighted by atomic mass is 35.5. The van der Waals surface area contributed by atoms with Crippen molar-refractivity contribution < 1.29 is 13.9 Å². The molecule has 0 saturated carbocycles. The topological polar surface area (TPSA) is 78.1 Å². The third kappa shape index (κ3) is 2.64. The van der Waals surface area contributed by atoms with Gasteiger partial charge in [-0.3, -0.25) is 0 Å². The number of nitrogens with two attached hydrogens (primary N) is 1. The number of carbonyl (C=O) groups excluding carboxylic acids is 1. The monoisotopic (exact) mass is 329 g/mol. The van der Waals surface area contributed by atoms with Crippen LogP contribution < -0.4 is 5.73 Å². The van der Waals surface area contributed by atoms with Crippen LogP contribution in [0.1, 0.15) is 15.9 Å². The largest absolute Gasteiger partial charge is 0.465 e. The van der Waals surface area contributed by atoms with E-state index in [1.165, 1.54) is 19.1 Å². The molecular formula is C13H10Cl2FN3O2. The highest BCUT2D eigenvalue weighted by Gasteiger charge is 2.27. The van der Waals surface area contributed by atoms with Gasteiger partial charge in [0.05, 0.1) is 34.6 Å². The van der Waals surface area contributed by atoms with Gasteiger partial charge in [0.25, 0.3) is 0 Å². The van der Waals surface area contributed by atoms with Crippen LogP contribution in [-0.4, -0.2) is 23.3 Å². The molecule has 0 saturated heterocycles. The van der Waals surface area contributed by atoms with E-state index in [4.69, 9.17) is 28.9 Å². The van der Waals surface area contributed by atoms with Gasteiger partial charge in [-0.15, -0.1) is 10.2 Å². The predicted molar refractivity (Wildman–Crippen MR) is 77.9 cm³/mol. The van der Waals surface area contributed by atoms with Gasteiger partial charge in [-0.1, -0.05) is 23.2 Å². The maximum Gasteiger partial charge on any atom is 0.340 e. The highest BCUT2D eigenvalue weighted by molar-refractivity contribution is 6.37. The van der Waals surface area contributed by atoms with Gasteiger partial charge in [-0.05, 0) is 19.1 Å². The second-order valence-electron chi connectivity index (χ2n) is 4.15. The second-order valence-corrected chi connectivity index (χ2v) is 4.91. The number of esters is 1. The Morgan fingerprint density at radius 3 is 2.52 bits per heavy atom. The Hall–Kier alpha value is -1.92. The quantitative estimate of drug-likeness (QED) is 0.675. The number of carbonyl (C=O) groups is 1. The van der Waals surface area contributed by atoms with Crippen LogP contribution in [0.15, 0.2) is 12.1 Å². The Morgan fingerprint density at radius 2 is 2.00 bits per heavy atom. The zero-order valence-electron chi connectivity index (χ0n) is 11.1. The van der Waals surface area contributed by atoms with Crippen LogP contribution >= 0.6 is 23.2 Å². The lowest BCUT2D eigenvalue weighted by atomic mass is 9.98. The Balaban J connectivity index is 2.85. The molecule has 1 aromatic carbocycles. The fourth-order valence-electron chi connectivity index (χ4n) is 1.81. The summed E-state index contributed by atoms with van der Waals surface area (Å²) in [7, 11) is 1.16. The predicted octanol–water partition coefficient (Wildman–Crippen LogP) is 3.27. The van der Waals surface area contributed by atoms with E-state index < -0.39 is 11.8 Å². The van der Waals surface area contributed by atoms with Crippen LogP contribution in [0.5, 0.6) is 0 Å². The smallest absolute Gasteiger partial charge is 0.340 e. The zero-order chi connectivity index (χ0) is 15.7. The lowest BCUT2D eigenvalue weighted by Crippen LogP contribution is -2.11. The summed E-state index contributed by atoms with van der Waals surface area (Å²) in [6.07, 6.45) is 0. The van der Waals surface area contributed by atoms with Gasteiger partial charge in [0.2, 0.25) is 0 Å². The lowest BCUT2D eigenvalue weighted by Gasteiger charge is -2.15. The van der Waals surface area contributed by atoms with Crippen molar-refractivity contribution in [2.45, 2.75) is 6.92 Å². The van der Waals surface area contributed by atoms with E-state index in [-0.39, 0.29) is 38.2 Å². The third-order valence-electron chi connectivity index (χ3n) is 2.94. The molecule has 0 atom stereocenters. The number of hydrogen-bond acceptors (Lipinski definition) is 5. The second kappa shape index (κ2) is 5.83. The van der Waals surface area contributed by atoms with E-state index in [2.05, 4.69) is 14.9 Å². The van der Waals surface area contributed by atoms with Crippen molar-refractivity contribution in [3.05, 3.63) is 39.3 Å². The van der Waals surface area contributed by atoms with Gasteiger partial charge in [0, 0.05) is 5.56 Å². The molecule has 21 heavy (non-hydrogen) atoms. The van der Waals surface area contributed by atoms with Crippen molar-refractivity contribution >= 4 is 34.9 Å². The van der Waals surface area contributed by atoms with Gasteiger partial charge in [-0.2, -0.15) is 0 Å². The SMILES string of the molecule is COC(=O)c1c(Cl)c(N)c(C)c(F)c1-c1ccc(Cl)nn1. The standard InChI is InChI=1S/C13H10Cl2FN3O2/c1-5-11(16)8(6-3-4-7(14)19-18-6)9(13(20)21-2)10(15)12(5)17/h3-4H,17H2,1-2H3. The summed E-state index contributed by atoms with van der Waals surface area (Å²) in [6, 6.07) is 2.84. The van der Waals surface area contributed by atoms with E-state index in [9.17, 15) is 9.18 Å². The summed E-state index contributed by atoms with van der Waals surface area (Å²) in [5.74, 6) is -1.54. The molecule has 0 spiro atoms. The number of hydrogen-bond donors (Lipinski definition) is 1. The van der Waals surface area contributed by atoms with Crippen LogP contribution in [0.2, 0.25) is 10.2 Å².